The van der Waals surface area contributed by atoms with Crippen LogP contribution in [-0.4, -0.2) is 34.1 Å². The van der Waals surface area contributed by atoms with Crippen molar-refractivity contribution in [3.8, 4) is 0 Å². The first kappa shape index (κ1) is 16.6. The van der Waals surface area contributed by atoms with Gasteiger partial charge in [0.15, 0.2) is 0 Å². The molecule has 0 aliphatic heterocycles. The summed E-state index contributed by atoms with van der Waals surface area (Å²) < 4.78 is 27.7. The van der Waals surface area contributed by atoms with Gasteiger partial charge in [-0.3, -0.25) is 4.79 Å². The molecule has 8 heteroatoms. The highest BCUT2D eigenvalue weighted by Gasteiger charge is 2.14. The maximum Gasteiger partial charge on any atom is 0.250 e. The smallest absolute Gasteiger partial charge is 0.250 e. The minimum Gasteiger partial charge on any atom is -0.370 e. The molecule has 1 aromatic rings. The summed E-state index contributed by atoms with van der Waals surface area (Å²) in [4.78, 5) is 11.6. The Morgan fingerprint density at radius 3 is 2.55 bits per heavy atom. The molecule has 0 bridgehead atoms. The van der Waals surface area contributed by atoms with E-state index in [-0.39, 0.29) is 24.0 Å². The fraction of sp³-hybridized carbons (Fsp3) is 0.417. The number of anilines is 1. The molecule has 0 spiro atoms. The van der Waals surface area contributed by atoms with E-state index in [0.717, 1.165) is 11.1 Å². The Kier molecular flexibility index (Phi) is 5.63. The van der Waals surface area contributed by atoms with E-state index in [0.29, 0.717) is 12.2 Å². The van der Waals surface area contributed by atoms with Gasteiger partial charge in [0, 0.05) is 12.2 Å². The molecule has 5 N–H and O–H groups in total. The van der Waals surface area contributed by atoms with Crippen LogP contribution in [0.5, 0.6) is 0 Å². The van der Waals surface area contributed by atoms with Gasteiger partial charge in [0.2, 0.25) is 15.9 Å². The second-order valence-corrected chi connectivity index (χ2v) is 5.91. The number of hydrogen-bond acceptors (Lipinski definition) is 5. The maximum absolute atomic E-state index is 11.7. The van der Waals surface area contributed by atoms with E-state index in [4.69, 9.17) is 15.6 Å². The summed E-state index contributed by atoms with van der Waals surface area (Å²) in [7, 11) is -3.82. The van der Waals surface area contributed by atoms with E-state index in [1.807, 2.05) is 0 Å². The van der Waals surface area contributed by atoms with Gasteiger partial charge in [-0.1, -0.05) is 0 Å². The van der Waals surface area contributed by atoms with Crippen molar-refractivity contribution in [2.45, 2.75) is 18.7 Å². The summed E-state index contributed by atoms with van der Waals surface area (Å²) in [5.74, 6) is -0.382. The molecular formula is C12H19N3O4S. The van der Waals surface area contributed by atoms with Crippen LogP contribution in [0, 0.1) is 13.8 Å². The molecular weight excluding hydrogens is 282 g/mol. The number of benzene rings is 1. The monoisotopic (exact) mass is 301 g/mol. The molecule has 0 saturated heterocycles. The van der Waals surface area contributed by atoms with Gasteiger partial charge in [-0.2, -0.15) is 0 Å². The number of sulfonamides is 1. The third-order valence-corrected chi connectivity index (χ3v) is 3.63. The van der Waals surface area contributed by atoms with E-state index < -0.39 is 10.0 Å². The number of carbonyl (C=O) groups is 1. The molecule has 7 nitrogen and oxygen atoms in total. The summed E-state index contributed by atoms with van der Waals surface area (Å²) >= 11 is 0. The van der Waals surface area contributed by atoms with E-state index in [9.17, 15) is 13.2 Å². The van der Waals surface area contributed by atoms with E-state index in [1.54, 1.807) is 13.8 Å². The lowest BCUT2D eigenvalue weighted by Gasteiger charge is -2.12. The number of nitrogens with one attached hydrogen (secondary N) is 1. The summed E-state index contributed by atoms with van der Waals surface area (Å²) in [5, 5.41) is 7.69. The fourth-order valence-corrected chi connectivity index (χ4v) is 2.18. The summed E-state index contributed by atoms with van der Waals surface area (Å²) in [6.45, 7) is 3.98. The van der Waals surface area contributed by atoms with Gasteiger partial charge in [-0.15, -0.1) is 0 Å². The molecule has 20 heavy (non-hydrogen) atoms. The minimum absolute atomic E-state index is 0.0428. The van der Waals surface area contributed by atoms with Crippen LogP contribution >= 0.6 is 0 Å². The van der Waals surface area contributed by atoms with Crippen molar-refractivity contribution in [3.05, 3.63) is 23.3 Å². The average Bonchev–Trinajstić information content (AvgIpc) is 2.33. The summed E-state index contributed by atoms with van der Waals surface area (Å²) in [5.41, 5.74) is 7.13. The Morgan fingerprint density at radius 2 is 2.00 bits per heavy atom. The number of hydrogen-bond donors (Lipinski definition) is 3. The van der Waals surface area contributed by atoms with Gasteiger partial charge in [-0.05, 0) is 37.1 Å². The van der Waals surface area contributed by atoms with Crippen molar-refractivity contribution in [2.75, 3.05) is 25.1 Å². The molecule has 0 unspecified atom stereocenters. The largest absolute Gasteiger partial charge is 0.370 e. The molecule has 0 saturated carbocycles. The molecule has 0 heterocycles. The Balaban J connectivity index is 2.95. The maximum atomic E-state index is 11.7. The van der Waals surface area contributed by atoms with Gasteiger partial charge >= 0.3 is 0 Å². The standard InChI is InChI=1S/C12H19N3O4S/c1-8-5-10(20(14,17)18)6-11(9(8)2)15-12(16)7-19-4-3-13/h5-6H,3-4,7,13H2,1-2H3,(H,15,16)(H2,14,17,18). The summed E-state index contributed by atoms with van der Waals surface area (Å²) in [6.07, 6.45) is 0. The highest BCUT2D eigenvalue weighted by Crippen LogP contribution is 2.23. The van der Waals surface area contributed by atoms with Crippen molar-refractivity contribution in [1.82, 2.24) is 0 Å². The van der Waals surface area contributed by atoms with E-state index >= 15 is 0 Å². The van der Waals surface area contributed by atoms with Gasteiger partial charge in [0.1, 0.15) is 6.61 Å². The molecule has 1 rings (SSSR count). The number of ether oxygens (including phenoxy) is 1. The molecule has 0 aliphatic rings. The van der Waals surface area contributed by atoms with Gasteiger partial charge in [-0.25, -0.2) is 13.6 Å². The molecule has 112 valence electrons. The average molecular weight is 301 g/mol. The number of primary sulfonamides is 1. The number of nitrogens with two attached hydrogens (primary N) is 2. The SMILES string of the molecule is Cc1cc(S(N)(=O)=O)cc(NC(=O)COCCN)c1C. The van der Waals surface area contributed by atoms with Crippen molar-refractivity contribution >= 4 is 21.6 Å². The molecule has 1 aromatic carbocycles. The Morgan fingerprint density at radius 1 is 1.35 bits per heavy atom. The zero-order valence-electron chi connectivity index (χ0n) is 11.5. The first-order valence-corrected chi connectivity index (χ1v) is 7.52. The van der Waals surface area contributed by atoms with Crippen molar-refractivity contribution < 1.29 is 17.9 Å². The van der Waals surface area contributed by atoms with Crippen molar-refractivity contribution in [2.24, 2.45) is 10.9 Å². The van der Waals surface area contributed by atoms with Crippen LogP contribution in [0.1, 0.15) is 11.1 Å². The molecule has 0 aromatic heterocycles. The molecule has 0 atom stereocenters. The number of amides is 1. The Labute approximate surface area is 118 Å². The molecule has 0 aliphatic carbocycles. The quantitative estimate of drug-likeness (QED) is 0.631. The van der Waals surface area contributed by atoms with E-state index in [2.05, 4.69) is 5.32 Å². The predicted molar refractivity (Wildman–Crippen MR) is 75.8 cm³/mol. The zero-order chi connectivity index (χ0) is 15.3. The lowest BCUT2D eigenvalue weighted by molar-refractivity contribution is -0.120. The summed E-state index contributed by atoms with van der Waals surface area (Å²) in [6, 6.07) is 2.80. The molecule has 0 radical (unpaired) electrons. The first-order chi connectivity index (χ1) is 9.25. The normalized spacial score (nSPS) is 11.4. The lowest BCUT2D eigenvalue weighted by atomic mass is 10.1. The fourth-order valence-electron chi connectivity index (χ4n) is 1.55. The second kappa shape index (κ2) is 6.80. The van der Waals surface area contributed by atoms with Crippen LogP contribution in [0.4, 0.5) is 5.69 Å². The Hall–Kier alpha value is -1.48. The van der Waals surface area contributed by atoms with Gasteiger partial charge in [0.05, 0.1) is 11.5 Å². The third-order valence-electron chi connectivity index (χ3n) is 2.74. The van der Waals surface area contributed by atoms with Crippen LogP contribution in [0.2, 0.25) is 0 Å². The van der Waals surface area contributed by atoms with Crippen LogP contribution < -0.4 is 16.2 Å². The van der Waals surface area contributed by atoms with Gasteiger partial charge < -0.3 is 15.8 Å². The predicted octanol–water partition coefficient (Wildman–Crippen LogP) is -0.135. The topological polar surface area (TPSA) is 125 Å². The highest BCUT2D eigenvalue weighted by atomic mass is 32.2. The van der Waals surface area contributed by atoms with Crippen LogP contribution in [-0.2, 0) is 19.6 Å². The number of aryl methyl sites for hydroxylation is 1. The lowest BCUT2D eigenvalue weighted by Crippen LogP contribution is -2.22. The van der Waals surface area contributed by atoms with E-state index in [1.165, 1.54) is 12.1 Å². The Bertz CT molecular complexity index is 599. The number of rotatable bonds is 6. The third kappa shape index (κ3) is 4.57. The van der Waals surface area contributed by atoms with Gasteiger partial charge in [0.25, 0.3) is 0 Å². The number of carbonyl (C=O) groups excluding carboxylic acids is 1. The second-order valence-electron chi connectivity index (χ2n) is 4.35. The van der Waals surface area contributed by atoms with Crippen LogP contribution in [0.3, 0.4) is 0 Å². The zero-order valence-corrected chi connectivity index (χ0v) is 12.3. The highest BCUT2D eigenvalue weighted by molar-refractivity contribution is 7.89. The van der Waals surface area contributed by atoms with Crippen LogP contribution in [0.15, 0.2) is 17.0 Å². The van der Waals surface area contributed by atoms with Crippen LogP contribution in [0.25, 0.3) is 0 Å². The van der Waals surface area contributed by atoms with Crippen molar-refractivity contribution in [3.63, 3.8) is 0 Å². The first-order valence-electron chi connectivity index (χ1n) is 5.97. The molecule has 1 amide bonds. The van der Waals surface area contributed by atoms with Crippen molar-refractivity contribution in [1.29, 1.82) is 0 Å². The molecule has 0 fully saturated rings. The minimum atomic E-state index is -3.82.